The number of thioether (sulfide) groups is 2. The van der Waals surface area contributed by atoms with Crippen LogP contribution in [0.5, 0.6) is 0 Å². The van der Waals surface area contributed by atoms with Crippen molar-refractivity contribution in [3.05, 3.63) is 106 Å². The first-order chi connectivity index (χ1) is 24.5. The third-order valence-corrected chi connectivity index (χ3v) is 10.2. The van der Waals surface area contributed by atoms with E-state index in [2.05, 4.69) is 14.9 Å². The number of benzene rings is 4. The highest BCUT2D eigenvalue weighted by molar-refractivity contribution is 7.99. The maximum absolute atomic E-state index is 13.8. The highest BCUT2D eigenvalue weighted by Crippen LogP contribution is 2.32. The van der Waals surface area contributed by atoms with E-state index in [4.69, 9.17) is 32.9 Å². The SMILES string of the molecule is CCn1c2ccc(C(=O)C(CCSc3ccc(Cl)cc3)=NOC(C)=O)cc2c2cc(C(=O)C(CCSc3ccc(Cl)cc3)=NOC(C)=O)ccc21. The van der Waals surface area contributed by atoms with Gasteiger partial charge in [-0.25, -0.2) is 9.59 Å². The van der Waals surface area contributed by atoms with Crippen molar-refractivity contribution in [3.63, 3.8) is 0 Å². The number of carbonyl (C=O) groups excluding carboxylic acids is 4. The number of hydrogen-bond acceptors (Lipinski definition) is 10. The van der Waals surface area contributed by atoms with Crippen LogP contribution < -0.4 is 0 Å². The van der Waals surface area contributed by atoms with Crippen molar-refractivity contribution in [1.82, 2.24) is 4.57 Å². The number of nitrogens with zero attached hydrogens (tertiary/aromatic N) is 3. The Morgan fingerprint density at radius 2 is 1.02 bits per heavy atom. The van der Waals surface area contributed by atoms with E-state index in [1.54, 1.807) is 48.5 Å². The van der Waals surface area contributed by atoms with Crippen LogP contribution in [-0.2, 0) is 25.8 Å². The van der Waals surface area contributed by atoms with Crippen molar-refractivity contribution in [3.8, 4) is 0 Å². The molecule has 0 aliphatic heterocycles. The van der Waals surface area contributed by atoms with E-state index < -0.39 is 11.9 Å². The minimum absolute atomic E-state index is 0.101. The van der Waals surface area contributed by atoms with Gasteiger partial charge in [0.1, 0.15) is 11.4 Å². The largest absolute Gasteiger partial charge is 0.341 e. The van der Waals surface area contributed by atoms with Gasteiger partial charge in [-0.1, -0.05) is 33.5 Å². The first kappa shape index (κ1) is 37.8. The van der Waals surface area contributed by atoms with Gasteiger partial charge < -0.3 is 14.2 Å². The van der Waals surface area contributed by atoms with Gasteiger partial charge in [-0.3, -0.25) is 9.59 Å². The Balaban J connectivity index is 1.44. The number of oxime groups is 2. The molecule has 9 nitrogen and oxygen atoms in total. The summed E-state index contributed by atoms with van der Waals surface area (Å²) in [7, 11) is 0. The maximum Gasteiger partial charge on any atom is 0.331 e. The summed E-state index contributed by atoms with van der Waals surface area (Å²) < 4.78 is 2.10. The molecule has 5 aromatic rings. The number of rotatable bonds is 15. The van der Waals surface area contributed by atoms with Crippen LogP contribution in [-0.4, -0.2) is 51.0 Å². The van der Waals surface area contributed by atoms with Gasteiger partial charge in [0.25, 0.3) is 0 Å². The van der Waals surface area contributed by atoms with E-state index in [0.717, 1.165) is 31.6 Å². The molecular formula is C38H33Cl2N3O6S2. The summed E-state index contributed by atoms with van der Waals surface area (Å²) in [5, 5.41) is 10.6. The van der Waals surface area contributed by atoms with Gasteiger partial charge in [0, 0.05) is 97.5 Å². The van der Waals surface area contributed by atoms with Crippen molar-refractivity contribution < 1.29 is 28.9 Å². The van der Waals surface area contributed by atoms with Crippen molar-refractivity contribution in [1.29, 1.82) is 0 Å². The van der Waals surface area contributed by atoms with Gasteiger partial charge in [0.05, 0.1) is 0 Å². The minimum atomic E-state index is -0.635. The van der Waals surface area contributed by atoms with E-state index >= 15 is 0 Å². The van der Waals surface area contributed by atoms with Crippen molar-refractivity contribution in [2.24, 2.45) is 10.3 Å². The van der Waals surface area contributed by atoms with Crippen LogP contribution in [0.1, 0.15) is 54.3 Å². The lowest BCUT2D eigenvalue weighted by Crippen LogP contribution is -2.17. The number of fused-ring (bicyclic) bond motifs is 3. The zero-order chi connectivity index (χ0) is 36.5. The fourth-order valence-electron chi connectivity index (χ4n) is 5.29. The van der Waals surface area contributed by atoms with Gasteiger partial charge in [-0.2, -0.15) is 0 Å². The summed E-state index contributed by atoms with van der Waals surface area (Å²) in [6.07, 6.45) is 0.487. The zero-order valence-corrected chi connectivity index (χ0v) is 31.1. The summed E-state index contributed by atoms with van der Waals surface area (Å²) in [4.78, 5) is 62.7. The number of halogens is 2. The Kier molecular flexibility index (Phi) is 13.1. The summed E-state index contributed by atoms with van der Waals surface area (Å²) in [6, 6.07) is 25.4. The molecule has 5 rings (SSSR count). The lowest BCUT2D eigenvalue weighted by molar-refractivity contribution is -0.141. The van der Waals surface area contributed by atoms with Gasteiger partial charge in [-0.05, 0) is 91.9 Å². The minimum Gasteiger partial charge on any atom is -0.341 e. The molecule has 0 amide bonds. The molecule has 0 aliphatic rings. The Morgan fingerprint density at radius 1 is 0.627 bits per heavy atom. The molecule has 0 aliphatic carbocycles. The van der Waals surface area contributed by atoms with E-state index in [9.17, 15) is 19.2 Å². The lowest BCUT2D eigenvalue weighted by Gasteiger charge is -2.07. The topological polar surface area (TPSA) is 116 Å². The number of aromatic nitrogens is 1. The van der Waals surface area contributed by atoms with Gasteiger partial charge >= 0.3 is 11.9 Å². The molecule has 1 heterocycles. The average molecular weight is 763 g/mol. The molecular weight excluding hydrogens is 729 g/mol. The molecule has 0 saturated carbocycles. The molecule has 0 radical (unpaired) electrons. The van der Waals surface area contributed by atoms with Crippen LogP contribution in [0.2, 0.25) is 10.0 Å². The Bertz CT molecular complexity index is 2010. The van der Waals surface area contributed by atoms with Gasteiger partial charge in [0.15, 0.2) is 0 Å². The highest BCUT2D eigenvalue weighted by Gasteiger charge is 2.21. The van der Waals surface area contributed by atoms with Crippen molar-refractivity contribution >= 4 is 103 Å². The summed E-state index contributed by atoms with van der Waals surface area (Å²) >= 11 is 15.0. The number of Topliss-reactive ketones (excluding diaryl/α,β-unsaturated/α-hetero) is 2. The second-order valence-electron chi connectivity index (χ2n) is 11.2. The van der Waals surface area contributed by atoms with Crippen molar-refractivity contribution in [2.75, 3.05) is 11.5 Å². The normalized spacial score (nSPS) is 11.9. The van der Waals surface area contributed by atoms with Crippen LogP contribution in [0.4, 0.5) is 0 Å². The summed E-state index contributed by atoms with van der Waals surface area (Å²) in [5.41, 5.74) is 2.66. The number of aryl methyl sites for hydroxylation is 1. The second-order valence-corrected chi connectivity index (χ2v) is 14.4. The number of carbonyl (C=O) groups is 4. The Morgan fingerprint density at radius 3 is 1.37 bits per heavy atom. The molecule has 1 aromatic heterocycles. The smallest absolute Gasteiger partial charge is 0.331 e. The molecule has 0 spiro atoms. The van der Waals surface area contributed by atoms with E-state index in [-0.39, 0.29) is 35.8 Å². The molecule has 0 unspecified atom stereocenters. The molecule has 0 saturated heterocycles. The van der Waals surface area contributed by atoms with E-state index in [1.807, 2.05) is 43.3 Å². The molecule has 0 atom stereocenters. The fraction of sp³-hybridized carbons (Fsp3) is 0.211. The summed E-state index contributed by atoms with van der Waals surface area (Å²) in [5.74, 6) is -1.02. The first-order valence-corrected chi connectivity index (χ1v) is 18.7. The van der Waals surface area contributed by atoms with Gasteiger partial charge in [0.2, 0.25) is 11.6 Å². The van der Waals surface area contributed by atoms with E-state index in [1.165, 1.54) is 37.4 Å². The molecule has 51 heavy (non-hydrogen) atoms. The predicted molar refractivity (Wildman–Crippen MR) is 206 cm³/mol. The fourth-order valence-corrected chi connectivity index (χ4v) is 7.26. The van der Waals surface area contributed by atoms with Crippen LogP contribution in [0.3, 0.4) is 0 Å². The molecule has 4 aromatic carbocycles. The quantitative estimate of drug-likeness (QED) is 0.0341. The Labute approximate surface area is 313 Å². The molecule has 13 heteroatoms. The lowest BCUT2D eigenvalue weighted by atomic mass is 10.00. The monoisotopic (exact) mass is 761 g/mol. The maximum atomic E-state index is 13.8. The number of ketones is 2. The van der Waals surface area contributed by atoms with Crippen LogP contribution >= 0.6 is 46.7 Å². The first-order valence-electron chi connectivity index (χ1n) is 15.9. The Hall–Kier alpha value is -4.42. The van der Waals surface area contributed by atoms with Crippen molar-refractivity contribution in [2.45, 2.75) is 49.9 Å². The van der Waals surface area contributed by atoms with Crippen LogP contribution in [0.15, 0.2) is 105 Å². The predicted octanol–water partition coefficient (Wildman–Crippen LogP) is 9.69. The van der Waals surface area contributed by atoms with E-state index in [0.29, 0.717) is 39.2 Å². The van der Waals surface area contributed by atoms with Crippen LogP contribution in [0.25, 0.3) is 21.8 Å². The molecule has 0 bridgehead atoms. The zero-order valence-electron chi connectivity index (χ0n) is 28.0. The molecule has 0 N–H and O–H groups in total. The third-order valence-electron chi connectivity index (χ3n) is 7.64. The second kappa shape index (κ2) is 17.7. The number of hydrogen-bond donors (Lipinski definition) is 0. The highest BCUT2D eigenvalue weighted by atomic mass is 35.5. The molecule has 262 valence electrons. The molecule has 0 fully saturated rings. The van der Waals surface area contributed by atoms with Crippen LogP contribution in [0, 0.1) is 0 Å². The summed E-state index contributed by atoms with van der Waals surface area (Å²) in [6.45, 7) is 5.10. The average Bonchev–Trinajstić information content (AvgIpc) is 3.44. The third kappa shape index (κ3) is 9.89. The van der Waals surface area contributed by atoms with Gasteiger partial charge in [-0.15, -0.1) is 23.5 Å². The standard InChI is InChI=1S/C38H33Cl2N3O6S2/c1-4-43-35-15-5-25(37(46)33(41-48-23(2)44)17-19-50-29-11-7-27(39)8-12-29)21-31(35)32-22-26(6-16-36(32)43)38(47)34(42-49-24(3)45)18-20-51-30-13-9-28(40)10-14-30/h5-16,21-22H,4,17-20H2,1-3H3.